The number of amides is 1. The molecule has 228 valence electrons. The maximum atomic E-state index is 12.0. The Labute approximate surface area is 253 Å². The van der Waals surface area contributed by atoms with Crippen LogP contribution in [0.5, 0.6) is 0 Å². The van der Waals surface area contributed by atoms with Crippen molar-refractivity contribution in [1.82, 2.24) is 10.2 Å². The zero-order chi connectivity index (χ0) is 28.4. The minimum absolute atomic E-state index is 0. The number of likely N-dealkylation sites (tertiary alicyclic amines) is 1. The summed E-state index contributed by atoms with van der Waals surface area (Å²) in [6, 6.07) is 17.3. The van der Waals surface area contributed by atoms with Crippen LogP contribution in [0.25, 0.3) is 0 Å². The van der Waals surface area contributed by atoms with E-state index in [0.717, 1.165) is 70.3 Å². The van der Waals surface area contributed by atoms with E-state index < -0.39 is 5.60 Å². The number of hydrogen-bond donors (Lipinski definition) is 2. The van der Waals surface area contributed by atoms with Gasteiger partial charge in [-0.25, -0.2) is 4.79 Å². The first kappa shape index (κ1) is 33.0. The van der Waals surface area contributed by atoms with Crippen LogP contribution in [0.1, 0.15) is 57.6 Å². The quantitative estimate of drug-likeness (QED) is 0.422. The van der Waals surface area contributed by atoms with E-state index >= 15 is 0 Å². The lowest BCUT2D eigenvalue weighted by Gasteiger charge is -2.33. The molecule has 8 heteroatoms. The van der Waals surface area contributed by atoms with Gasteiger partial charge < -0.3 is 30.3 Å². The van der Waals surface area contributed by atoms with Crippen LogP contribution < -0.4 is 16.0 Å². The molecule has 5 rings (SSSR count). The summed E-state index contributed by atoms with van der Waals surface area (Å²) in [6.45, 7) is 13.4. The number of nitrogens with two attached hydrogens (primary N) is 1. The predicted molar refractivity (Wildman–Crippen MR) is 171 cm³/mol. The highest BCUT2D eigenvalue weighted by molar-refractivity contribution is 5.85. The van der Waals surface area contributed by atoms with Crippen LogP contribution in [-0.4, -0.2) is 69.1 Å². The fraction of sp³-hybridized carbons (Fsp3) is 0.606. The van der Waals surface area contributed by atoms with Gasteiger partial charge in [-0.05, 0) is 120 Å². The number of anilines is 2. The van der Waals surface area contributed by atoms with Crippen LogP contribution in [0.15, 0.2) is 48.5 Å². The van der Waals surface area contributed by atoms with Crippen LogP contribution in [0, 0.1) is 11.8 Å². The molecule has 0 radical (unpaired) electrons. The molecule has 3 aliphatic heterocycles. The molecule has 3 fully saturated rings. The Morgan fingerprint density at radius 1 is 0.854 bits per heavy atom. The molecule has 0 saturated carbocycles. The van der Waals surface area contributed by atoms with Gasteiger partial charge in [0.25, 0.3) is 0 Å². The van der Waals surface area contributed by atoms with Crippen molar-refractivity contribution in [3.63, 3.8) is 0 Å². The third kappa shape index (κ3) is 11.4. The molecule has 0 spiro atoms. The number of ether oxygens (including phenoxy) is 2. The van der Waals surface area contributed by atoms with Gasteiger partial charge in [-0.15, -0.1) is 12.4 Å². The average Bonchev–Trinajstić information content (AvgIpc) is 2.96. The fourth-order valence-electron chi connectivity index (χ4n) is 5.72. The summed E-state index contributed by atoms with van der Waals surface area (Å²) < 4.78 is 10.8. The molecule has 41 heavy (non-hydrogen) atoms. The second kappa shape index (κ2) is 16.2. The van der Waals surface area contributed by atoms with Gasteiger partial charge in [-0.1, -0.05) is 24.3 Å². The Bertz CT molecular complexity index is 1020. The number of nitrogens with zero attached hydrogens (tertiary/aromatic N) is 2. The molecule has 0 bridgehead atoms. The number of benzene rings is 2. The highest BCUT2D eigenvalue weighted by atomic mass is 35.5. The van der Waals surface area contributed by atoms with E-state index in [2.05, 4.69) is 46.6 Å². The summed E-state index contributed by atoms with van der Waals surface area (Å²) in [5, 5.41) is 3.43. The number of halogens is 1. The average molecular weight is 587 g/mol. The standard InChI is InChI=1S/C17H26N2O2.C16H24N2O.ClH/c1-17(2,3)21-16(20)19-10-8-14(9-11-19)12-13-4-6-15(18)7-5-13;1-3-16(18-9-11-19-12-10-18)4-2-14(1)13-15-5-7-17-8-6-15;/h4-7,14H,8-12,18H2,1-3H3;1-4,15,17H,5-13H2;1H. The highest BCUT2D eigenvalue weighted by Crippen LogP contribution is 2.24. The summed E-state index contributed by atoms with van der Waals surface area (Å²) in [5.41, 5.74) is 10.2. The first-order valence-electron chi connectivity index (χ1n) is 15.2. The molecule has 1 amide bonds. The number of carbonyl (C=O) groups is 1. The van der Waals surface area contributed by atoms with E-state index in [9.17, 15) is 4.79 Å². The van der Waals surface area contributed by atoms with Crippen molar-refractivity contribution in [2.45, 2.75) is 64.9 Å². The van der Waals surface area contributed by atoms with Crippen LogP contribution in [0.2, 0.25) is 0 Å². The first-order chi connectivity index (χ1) is 19.2. The van der Waals surface area contributed by atoms with E-state index in [4.69, 9.17) is 15.2 Å². The summed E-state index contributed by atoms with van der Waals surface area (Å²) in [5.74, 6) is 1.50. The molecule has 2 aromatic carbocycles. The molecule has 3 saturated heterocycles. The molecule has 0 aliphatic carbocycles. The van der Waals surface area contributed by atoms with Gasteiger partial charge in [0.2, 0.25) is 0 Å². The van der Waals surface area contributed by atoms with Crippen molar-refractivity contribution < 1.29 is 14.3 Å². The van der Waals surface area contributed by atoms with Crippen LogP contribution >= 0.6 is 12.4 Å². The number of nitrogens with one attached hydrogen (secondary N) is 1. The lowest BCUT2D eigenvalue weighted by atomic mass is 9.90. The van der Waals surface area contributed by atoms with Crippen LogP contribution in [0.3, 0.4) is 0 Å². The Balaban J connectivity index is 0.000000221. The van der Waals surface area contributed by atoms with E-state index in [-0.39, 0.29) is 18.5 Å². The van der Waals surface area contributed by atoms with Gasteiger partial charge in [0, 0.05) is 37.6 Å². The van der Waals surface area contributed by atoms with Gasteiger partial charge in [0.05, 0.1) is 13.2 Å². The zero-order valence-corrected chi connectivity index (χ0v) is 26.1. The molecular weight excluding hydrogens is 536 g/mol. The van der Waals surface area contributed by atoms with Gasteiger partial charge in [-0.3, -0.25) is 0 Å². The molecule has 0 unspecified atom stereocenters. The maximum Gasteiger partial charge on any atom is 0.410 e. The third-order valence-corrected chi connectivity index (χ3v) is 8.07. The lowest BCUT2D eigenvalue weighted by molar-refractivity contribution is 0.0184. The Hall–Kier alpha value is -2.48. The van der Waals surface area contributed by atoms with E-state index in [1.807, 2.05) is 37.8 Å². The summed E-state index contributed by atoms with van der Waals surface area (Å²) in [6.07, 6.45) is 6.82. The summed E-state index contributed by atoms with van der Waals surface area (Å²) in [7, 11) is 0. The summed E-state index contributed by atoms with van der Waals surface area (Å²) in [4.78, 5) is 16.2. The zero-order valence-electron chi connectivity index (χ0n) is 25.3. The van der Waals surface area contributed by atoms with E-state index in [1.54, 1.807) is 0 Å². The van der Waals surface area contributed by atoms with Crippen molar-refractivity contribution in [1.29, 1.82) is 0 Å². The van der Waals surface area contributed by atoms with Crippen LogP contribution in [0.4, 0.5) is 16.2 Å². The highest BCUT2D eigenvalue weighted by Gasteiger charge is 2.26. The Morgan fingerprint density at radius 2 is 1.37 bits per heavy atom. The third-order valence-electron chi connectivity index (χ3n) is 8.07. The molecular formula is C33H51ClN4O3. The van der Waals surface area contributed by atoms with Crippen molar-refractivity contribution in [2.75, 3.05) is 63.1 Å². The van der Waals surface area contributed by atoms with Gasteiger partial charge in [-0.2, -0.15) is 0 Å². The normalized spacial score (nSPS) is 18.6. The van der Waals surface area contributed by atoms with Gasteiger partial charge >= 0.3 is 6.09 Å². The molecule has 0 atom stereocenters. The monoisotopic (exact) mass is 586 g/mol. The molecule has 3 aliphatic rings. The largest absolute Gasteiger partial charge is 0.444 e. The lowest BCUT2D eigenvalue weighted by Crippen LogP contribution is -2.42. The van der Waals surface area contributed by atoms with Gasteiger partial charge in [0.15, 0.2) is 0 Å². The number of nitrogen functional groups attached to an aromatic ring is 1. The molecule has 3 N–H and O–H groups in total. The fourth-order valence-corrected chi connectivity index (χ4v) is 5.72. The maximum absolute atomic E-state index is 12.0. The Morgan fingerprint density at radius 3 is 1.90 bits per heavy atom. The van der Waals surface area contributed by atoms with Crippen LogP contribution in [-0.2, 0) is 22.3 Å². The molecule has 7 nitrogen and oxygen atoms in total. The van der Waals surface area contributed by atoms with Crippen molar-refractivity contribution in [2.24, 2.45) is 11.8 Å². The second-order valence-electron chi connectivity index (χ2n) is 12.5. The number of rotatable bonds is 5. The topological polar surface area (TPSA) is 80.1 Å². The molecule has 2 aromatic rings. The second-order valence-corrected chi connectivity index (χ2v) is 12.5. The van der Waals surface area contributed by atoms with E-state index in [1.165, 1.54) is 49.2 Å². The van der Waals surface area contributed by atoms with Gasteiger partial charge in [0.1, 0.15) is 5.60 Å². The molecule has 0 aromatic heterocycles. The predicted octanol–water partition coefficient (Wildman–Crippen LogP) is 5.95. The SMILES string of the molecule is CC(C)(C)OC(=O)N1CCC(Cc2ccc(N)cc2)CC1.Cl.c1cc(N2CCOCC2)ccc1CC1CCNCC1. The minimum Gasteiger partial charge on any atom is -0.444 e. The number of piperidine rings is 2. The van der Waals surface area contributed by atoms with Crippen molar-refractivity contribution in [3.05, 3.63) is 59.7 Å². The number of carbonyl (C=O) groups excluding carboxylic acids is 1. The first-order valence-corrected chi connectivity index (χ1v) is 15.2. The summed E-state index contributed by atoms with van der Waals surface area (Å²) >= 11 is 0. The van der Waals surface area contributed by atoms with Crippen molar-refractivity contribution >= 4 is 29.9 Å². The Kier molecular flexibility index (Phi) is 13.1. The molecule has 3 heterocycles. The smallest absolute Gasteiger partial charge is 0.410 e. The number of morpholine rings is 1. The van der Waals surface area contributed by atoms with E-state index in [0.29, 0.717) is 5.92 Å². The van der Waals surface area contributed by atoms with Crippen molar-refractivity contribution in [3.8, 4) is 0 Å². The number of hydrogen-bond acceptors (Lipinski definition) is 6. The minimum atomic E-state index is -0.419.